The monoisotopic (exact) mass is 216 g/mol. The number of alkyl halides is 3. The van der Waals surface area contributed by atoms with Crippen LogP contribution in [0.15, 0.2) is 0 Å². The summed E-state index contributed by atoms with van der Waals surface area (Å²) in [5.74, 6) is 0. The molecule has 1 atom stereocenters. The SMILES string of the molecule is CSC(=O)OC(F)C(C)(C)C(F)F. The van der Waals surface area contributed by atoms with Crippen molar-refractivity contribution in [2.24, 2.45) is 5.41 Å². The van der Waals surface area contributed by atoms with Crippen molar-refractivity contribution < 1.29 is 22.7 Å². The third-order valence-electron chi connectivity index (χ3n) is 1.51. The molecule has 0 spiro atoms. The maximum Gasteiger partial charge on any atom is 0.369 e. The van der Waals surface area contributed by atoms with Crippen LogP contribution in [0.2, 0.25) is 0 Å². The van der Waals surface area contributed by atoms with Crippen molar-refractivity contribution in [3.63, 3.8) is 0 Å². The zero-order valence-electron chi connectivity index (χ0n) is 7.51. The summed E-state index contributed by atoms with van der Waals surface area (Å²) in [5.41, 5.74) is -1.97. The number of carbonyl (C=O) groups excluding carboxylic acids is 1. The fourth-order valence-electron chi connectivity index (χ4n) is 0.384. The lowest BCUT2D eigenvalue weighted by Crippen LogP contribution is -2.35. The minimum absolute atomic E-state index is 0.635. The lowest BCUT2D eigenvalue weighted by atomic mass is 9.94. The summed E-state index contributed by atoms with van der Waals surface area (Å²) in [6.07, 6.45) is -3.78. The van der Waals surface area contributed by atoms with Crippen molar-refractivity contribution in [1.82, 2.24) is 0 Å². The molecule has 0 aliphatic heterocycles. The molecule has 0 aliphatic carbocycles. The highest BCUT2D eigenvalue weighted by Gasteiger charge is 2.41. The van der Waals surface area contributed by atoms with E-state index in [-0.39, 0.29) is 0 Å². The molecule has 0 saturated carbocycles. The van der Waals surface area contributed by atoms with Gasteiger partial charge in [0.25, 0.3) is 6.36 Å². The summed E-state index contributed by atoms with van der Waals surface area (Å²) < 4.78 is 41.4. The Morgan fingerprint density at radius 3 is 2.15 bits per heavy atom. The first-order valence-electron chi connectivity index (χ1n) is 3.49. The predicted octanol–water partition coefficient (Wildman–Crippen LogP) is 3.07. The van der Waals surface area contributed by atoms with Gasteiger partial charge in [-0.15, -0.1) is 0 Å². The van der Waals surface area contributed by atoms with E-state index in [1.165, 1.54) is 6.26 Å². The van der Waals surface area contributed by atoms with Crippen LogP contribution in [0.5, 0.6) is 0 Å². The molecule has 0 aromatic carbocycles. The molecule has 1 unspecified atom stereocenters. The second-order valence-electron chi connectivity index (χ2n) is 3.01. The van der Waals surface area contributed by atoms with Crippen LogP contribution in [-0.4, -0.2) is 24.3 Å². The first-order chi connectivity index (χ1) is 5.82. The Kier molecular flexibility index (Phi) is 4.60. The van der Waals surface area contributed by atoms with Gasteiger partial charge in [-0.25, -0.2) is 18.0 Å². The number of ether oxygens (including phenoxy) is 1. The van der Waals surface area contributed by atoms with Crippen LogP contribution in [0, 0.1) is 5.41 Å². The van der Waals surface area contributed by atoms with Crippen LogP contribution in [-0.2, 0) is 4.74 Å². The Labute approximate surface area is 78.8 Å². The van der Waals surface area contributed by atoms with E-state index in [1.807, 2.05) is 0 Å². The number of rotatable bonds is 3. The highest BCUT2D eigenvalue weighted by atomic mass is 32.2. The highest BCUT2D eigenvalue weighted by Crippen LogP contribution is 2.32. The standard InChI is InChI=1S/C7H11F3O2S/c1-7(2,4(8)9)5(10)12-6(11)13-3/h4-5H,1-3H3. The normalized spacial score (nSPS) is 14.4. The zero-order valence-corrected chi connectivity index (χ0v) is 8.33. The van der Waals surface area contributed by atoms with Crippen molar-refractivity contribution in [2.45, 2.75) is 26.6 Å². The smallest absolute Gasteiger partial charge is 0.369 e. The van der Waals surface area contributed by atoms with Crippen molar-refractivity contribution in [2.75, 3.05) is 6.26 Å². The zero-order chi connectivity index (χ0) is 10.6. The summed E-state index contributed by atoms with van der Waals surface area (Å²) in [7, 11) is 0. The molecule has 0 radical (unpaired) electrons. The van der Waals surface area contributed by atoms with Gasteiger partial charge in [-0.05, 0) is 31.9 Å². The quantitative estimate of drug-likeness (QED) is 0.678. The van der Waals surface area contributed by atoms with E-state index in [9.17, 15) is 18.0 Å². The average molecular weight is 216 g/mol. The van der Waals surface area contributed by atoms with E-state index >= 15 is 0 Å². The molecule has 0 fully saturated rings. The van der Waals surface area contributed by atoms with Crippen LogP contribution in [0.1, 0.15) is 13.8 Å². The Hall–Kier alpha value is -0.390. The fraction of sp³-hybridized carbons (Fsp3) is 0.857. The largest absolute Gasteiger partial charge is 0.422 e. The number of thioether (sulfide) groups is 1. The molecule has 0 heterocycles. The summed E-state index contributed by atoms with van der Waals surface area (Å²) in [4.78, 5) is 10.5. The van der Waals surface area contributed by atoms with Gasteiger partial charge in [-0.2, -0.15) is 0 Å². The summed E-state index contributed by atoms with van der Waals surface area (Å²) in [6, 6.07) is 0. The topological polar surface area (TPSA) is 26.3 Å². The maximum absolute atomic E-state index is 12.9. The average Bonchev–Trinajstić information content (AvgIpc) is 2.03. The van der Waals surface area contributed by atoms with Gasteiger partial charge in [0.05, 0.1) is 5.41 Å². The van der Waals surface area contributed by atoms with Gasteiger partial charge in [-0.1, -0.05) is 0 Å². The minimum Gasteiger partial charge on any atom is -0.422 e. The molecule has 13 heavy (non-hydrogen) atoms. The maximum atomic E-state index is 12.9. The molecule has 0 rings (SSSR count). The van der Waals surface area contributed by atoms with Gasteiger partial charge in [0.15, 0.2) is 0 Å². The van der Waals surface area contributed by atoms with Crippen LogP contribution >= 0.6 is 11.8 Å². The summed E-state index contributed by atoms with van der Waals surface area (Å²) in [6.45, 7) is 1.99. The van der Waals surface area contributed by atoms with Crippen molar-refractivity contribution >= 4 is 17.1 Å². The first-order valence-corrected chi connectivity index (χ1v) is 4.71. The molecule has 0 amide bonds. The van der Waals surface area contributed by atoms with Crippen LogP contribution < -0.4 is 0 Å². The van der Waals surface area contributed by atoms with E-state index < -0.39 is 23.5 Å². The third kappa shape index (κ3) is 3.46. The number of hydrogen-bond donors (Lipinski definition) is 0. The van der Waals surface area contributed by atoms with E-state index in [0.717, 1.165) is 13.8 Å². The van der Waals surface area contributed by atoms with Gasteiger partial charge in [0, 0.05) is 0 Å². The van der Waals surface area contributed by atoms with E-state index in [1.54, 1.807) is 0 Å². The first kappa shape index (κ1) is 12.6. The lowest BCUT2D eigenvalue weighted by molar-refractivity contribution is -0.125. The van der Waals surface area contributed by atoms with Crippen LogP contribution in [0.25, 0.3) is 0 Å². The second kappa shape index (κ2) is 4.74. The van der Waals surface area contributed by atoms with Crippen molar-refractivity contribution in [3.8, 4) is 0 Å². The lowest BCUT2D eigenvalue weighted by Gasteiger charge is -2.26. The van der Waals surface area contributed by atoms with E-state index in [4.69, 9.17) is 0 Å². The molecule has 2 nitrogen and oxygen atoms in total. The molecule has 0 saturated heterocycles. The molecule has 6 heteroatoms. The molecule has 0 bridgehead atoms. The van der Waals surface area contributed by atoms with Crippen LogP contribution in [0.4, 0.5) is 18.0 Å². The molecular weight excluding hydrogens is 205 g/mol. The van der Waals surface area contributed by atoms with E-state index in [2.05, 4.69) is 4.74 Å². The van der Waals surface area contributed by atoms with Gasteiger partial charge in [0.2, 0.25) is 6.43 Å². The van der Waals surface area contributed by atoms with Crippen LogP contribution in [0.3, 0.4) is 0 Å². The number of halogens is 3. The molecule has 0 aliphatic rings. The number of carbonyl (C=O) groups is 1. The molecule has 0 aromatic heterocycles. The second-order valence-corrected chi connectivity index (χ2v) is 3.75. The summed E-state index contributed by atoms with van der Waals surface area (Å²) in [5, 5.41) is -0.902. The molecule has 78 valence electrons. The molecule has 0 aromatic rings. The Balaban J connectivity index is 4.24. The molecular formula is C7H11F3O2S. The van der Waals surface area contributed by atoms with E-state index in [0.29, 0.717) is 11.8 Å². The summed E-state index contributed by atoms with van der Waals surface area (Å²) >= 11 is 0.635. The van der Waals surface area contributed by atoms with Crippen molar-refractivity contribution in [1.29, 1.82) is 0 Å². The fourth-order valence-corrected chi connectivity index (χ4v) is 0.564. The predicted molar refractivity (Wildman–Crippen MR) is 44.7 cm³/mol. The van der Waals surface area contributed by atoms with Gasteiger partial charge < -0.3 is 4.74 Å². The Morgan fingerprint density at radius 2 is 1.85 bits per heavy atom. The van der Waals surface area contributed by atoms with Crippen molar-refractivity contribution in [3.05, 3.63) is 0 Å². The Bertz CT molecular complexity index is 185. The van der Waals surface area contributed by atoms with Gasteiger partial charge in [0.1, 0.15) is 0 Å². The third-order valence-corrected chi connectivity index (χ3v) is 1.94. The molecule has 0 N–H and O–H groups in total. The Morgan fingerprint density at radius 1 is 1.38 bits per heavy atom. The highest BCUT2D eigenvalue weighted by molar-refractivity contribution is 8.12. The van der Waals surface area contributed by atoms with Gasteiger partial charge in [-0.3, -0.25) is 0 Å². The minimum atomic E-state index is -2.88. The number of hydrogen-bond acceptors (Lipinski definition) is 3. The van der Waals surface area contributed by atoms with Gasteiger partial charge >= 0.3 is 5.30 Å².